The van der Waals surface area contributed by atoms with Gasteiger partial charge < -0.3 is 4.90 Å². The number of hydrogen-bond acceptors (Lipinski definition) is 5. The second-order valence-electron chi connectivity index (χ2n) is 7.49. The molecule has 1 aliphatic rings. The van der Waals surface area contributed by atoms with Crippen LogP contribution < -0.4 is 4.72 Å². The van der Waals surface area contributed by atoms with E-state index in [1.165, 1.54) is 4.31 Å². The van der Waals surface area contributed by atoms with Gasteiger partial charge in [-0.3, -0.25) is 4.79 Å². The maximum Gasteiger partial charge on any atom is 0.243 e. The molecule has 1 heterocycles. The lowest BCUT2D eigenvalue weighted by molar-refractivity contribution is -0.132. The van der Waals surface area contributed by atoms with Crippen molar-refractivity contribution in [2.24, 2.45) is 0 Å². The molecule has 2 aromatic rings. The Morgan fingerprint density at radius 1 is 0.871 bits per heavy atom. The van der Waals surface area contributed by atoms with Crippen LogP contribution in [0.15, 0.2) is 58.3 Å². The minimum Gasteiger partial charge on any atom is -0.340 e. The van der Waals surface area contributed by atoms with Crippen molar-refractivity contribution in [3.63, 3.8) is 0 Å². The molecular weight excluding hydrogens is 438 g/mol. The molecule has 0 saturated carbocycles. The van der Waals surface area contributed by atoms with E-state index in [4.69, 9.17) is 0 Å². The van der Waals surface area contributed by atoms with Crippen LogP contribution in [0.2, 0.25) is 0 Å². The Balaban J connectivity index is 1.51. The number of aryl methyl sites for hydroxylation is 2. The topological polar surface area (TPSA) is 104 Å². The monoisotopic (exact) mass is 465 g/mol. The molecule has 0 aliphatic carbocycles. The van der Waals surface area contributed by atoms with Gasteiger partial charge in [0.1, 0.15) is 0 Å². The number of sulfonamides is 2. The molecule has 0 unspecified atom stereocenters. The van der Waals surface area contributed by atoms with Gasteiger partial charge in [-0.2, -0.15) is 4.31 Å². The molecule has 1 amide bonds. The molecule has 31 heavy (non-hydrogen) atoms. The lowest BCUT2D eigenvalue weighted by Gasteiger charge is -2.34. The van der Waals surface area contributed by atoms with Crippen molar-refractivity contribution in [2.75, 3.05) is 32.7 Å². The van der Waals surface area contributed by atoms with Gasteiger partial charge in [-0.15, -0.1) is 0 Å². The van der Waals surface area contributed by atoms with Gasteiger partial charge in [0.05, 0.1) is 9.79 Å². The van der Waals surface area contributed by atoms with Crippen LogP contribution in [0, 0.1) is 13.8 Å². The van der Waals surface area contributed by atoms with Crippen molar-refractivity contribution in [1.29, 1.82) is 0 Å². The highest BCUT2D eigenvalue weighted by atomic mass is 32.2. The largest absolute Gasteiger partial charge is 0.340 e. The SMILES string of the molecule is Cc1ccc(S(=O)(=O)NCCC(=O)N2CCN(S(=O)(=O)c3ccccc3)CC2)cc1C. The number of carbonyl (C=O) groups is 1. The number of hydrogen-bond donors (Lipinski definition) is 1. The van der Waals surface area contributed by atoms with Gasteiger partial charge >= 0.3 is 0 Å². The van der Waals surface area contributed by atoms with Gasteiger partial charge in [-0.05, 0) is 49.2 Å². The standard InChI is InChI=1S/C21H27N3O5S2/c1-17-8-9-20(16-18(17)2)30(26,27)22-11-10-21(25)23-12-14-24(15-13-23)31(28,29)19-6-4-3-5-7-19/h3-9,16,22H,10-15H2,1-2H3. The van der Waals surface area contributed by atoms with Crippen molar-refractivity contribution < 1.29 is 21.6 Å². The van der Waals surface area contributed by atoms with Gasteiger partial charge in [0.25, 0.3) is 0 Å². The predicted molar refractivity (Wildman–Crippen MR) is 118 cm³/mol. The number of benzene rings is 2. The molecule has 0 spiro atoms. The first-order chi connectivity index (χ1) is 14.6. The van der Waals surface area contributed by atoms with Crippen molar-refractivity contribution in [3.8, 4) is 0 Å². The van der Waals surface area contributed by atoms with E-state index >= 15 is 0 Å². The molecule has 2 aromatic carbocycles. The summed E-state index contributed by atoms with van der Waals surface area (Å²) in [7, 11) is -7.27. The Morgan fingerprint density at radius 2 is 1.52 bits per heavy atom. The average Bonchev–Trinajstić information content (AvgIpc) is 2.76. The molecule has 3 rings (SSSR count). The van der Waals surface area contributed by atoms with Crippen LogP contribution in [-0.2, 0) is 24.8 Å². The molecular formula is C21H27N3O5S2. The molecule has 0 bridgehead atoms. The van der Waals surface area contributed by atoms with Crippen molar-refractivity contribution in [2.45, 2.75) is 30.1 Å². The predicted octanol–water partition coefficient (Wildman–Crippen LogP) is 1.50. The van der Waals surface area contributed by atoms with Crippen LogP contribution in [0.1, 0.15) is 17.5 Å². The van der Waals surface area contributed by atoms with E-state index in [1.54, 1.807) is 53.4 Å². The maximum absolute atomic E-state index is 12.7. The number of nitrogens with zero attached hydrogens (tertiary/aromatic N) is 2. The van der Waals surface area contributed by atoms with Crippen LogP contribution in [-0.4, -0.2) is 64.7 Å². The molecule has 0 atom stereocenters. The minimum atomic E-state index is -3.69. The highest BCUT2D eigenvalue weighted by Gasteiger charge is 2.30. The second kappa shape index (κ2) is 9.47. The molecule has 1 saturated heterocycles. The lowest BCUT2D eigenvalue weighted by Crippen LogP contribution is -2.50. The van der Waals surface area contributed by atoms with E-state index in [2.05, 4.69) is 4.72 Å². The zero-order valence-electron chi connectivity index (χ0n) is 17.6. The lowest BCUT2D eigenvalue weighted by atomic mass is 10.1. The first-order valence-electron chi connectivity index (χ1n) is 10.0. The van der Waals surface area contributed by atoms with Crippen LogP contribution in [0.4, 0.5) is 0 Å². The van der Waals surface area contributed by atoms with E-state index in [1.807, 2.05) is 13.8 Å². The average molecular weight is 466 g/mol. The summed E-state index contributed by atoms with van der Waals surface area (Å²) in [5.74, 6) is -0.209. The highest BCUT2D eigenvalue weighted by Crippen LogP contribution is 2.18. The first-order valence-corrected chi connectivity index (χ1v) is 12.9. The number of amides is 1. The van der Waals surface area contributed by atoms with Gasteiger partial charge in [-0.1, -0.05) is 24.3 Å². The fraction of sp³-hybridized carbons (Fsp3) is 0.381. The Bertz CT molecular complexity index is 1140. The summed E-state index contributed by atoms with van der Waals surface area (Å²) in [6, 6.07) is 13.1. The van der Waals surface area contributed by atoms with Crippen LogP contribution >= 0.6 is 0 Å². The molecule has 0 aromatic heterocycles. The van der Waals surface area contributed by atoms with E-state index in [0.717, 1.165) is 11.1 Å². The van der Waals surface area contributed by atoms with Crippen LogP contribution in [0.3, 0.4) is 0 Å². The van der Waals surface area contributed by atoms with E-state index in [9.17, 15) is 21.6 Å². The fourth-order valence-corrected chi connectivity index (χ4v) is 5.89. The summed E-state index contributed by atoms with van der Waals surface area (Å²) in [6.45, 7) is 4.69. The highest BCUT2D eigenvalue weighted by molar-refractivity contribution is 7.89. The molecule has 0 radical (unpaired) electrons. The fourth-order valence-electron chi connectivity index (χ4n) is 3.33. The number of carbonyl (C=O) groups excluding carboxylic acids is 1. The zero-order chi connectivity index (χ0) is 22.6. The second-order valence-corrected chi connectivity index (χ2v) is 11.2. The molecule has 1 fully saturated rings. The Labute approximate surface area is 184 Å². The third-order valence-electron chi connectivity index (χ3n) is 5.39. The third-order valence-corrected chi connectivity index (χ3v) is 8.76. The summed E-state index contributed by atoms with van der Waals surface area (Å²) in [6.07, 6.45) is 0.00943. The summed E-state index contributed by atoms with van der Waals surface area (Å²) in [5, 5.41) is 0. The number of rotatable bonds is 7. The quantitative estimate of drug-likeness (QED) is 0.668. The summed E-state index contributed by atoms with van der Waals surface area (Å²) in [5.41, 5.74) is 1.88. The third kappa shape index (κ3) is 5.51. The summed E-state index contributed by atoms with van der Waals surface area (Å²) >= 11 is 0. The minimum absolute atomic E-state index is 0.00943. The Kier molecular flexibility index (Phi) is 7.15. The zero-order valence-corrected chi connectivity index (χ0v) is 19.2. The van der Waals surface area contributed by atoms with E-state index < -0.39 is 20.0 Å². The van der Waals surface area contributed by atoms with Crippen molar-refractivity contribution in [1.82, 2.24) is 13.9 Å². The van der Waals surface area contributed by atoms with Crippen LogP contribution in [0.5, 0.6) is 0 Å². The molecule has 10 heteroatoms. The Morgan fingerprint density at radius 3 is 2.13 bits per heavy atom. The van der Waals surface area contributed by atoms with Crippen molar-refractivity contribution in [3.05, 3.63) is 59.7 Å². The normalized spacial score (nSPS) is 15.7. The molecule has 168 valence electrons. The first kappa shape index (κ1) is 23.4. The number of nitrogens with one attached hydrogen (secondary N) is 1. The molecule has 1 N–H and O–H groups in total. The van der Waals surface area contributed by atoms with Gasteiger partial charge in [0.15, 0.2) is 0 Å². The number of piperazine rings is 1. The smallest absolute Gasteiger partial charge is 0.243 e. The van der Waals surface area contributed by atoms with E-state index in [0.29, 0.717) is 0 Å². The summed E-state index contributed by atoms with van der Waals surface area (Å²) < 4.78 is 54.0. The maximum atomic E-state index is 12.7. The van der Waals surface area contributed by atoms with Gasteiger partial charge in [-0.25, -0.2) is 21.6 Å². The Hall–Kier alpha value is -2.27. The molecule has 8 nitrogen and oxygen atoms in total. The van der Waals surface area contributed by atoms with Crippen molar-refractivity contribution >= 4 is 26.0 Å². The van der Waals surface area contributed by atoms with Gasteiger partial charge in [0, 0.05) is 39.1 Å². The molecule has 1 aliphatic heterocycles. The van der Waals surface area contributed by atoms with Gasteiger partial charge in [0.2, 0.25) is 26.0 Å². The summed E-state index contributed by atoms with van der Waals surface area (Å²) in [4.78, 5) is 14.4. The van der Waals surface area contributed by atoms with E-state index in [-0.39, 0.29) is 54.8 Å². The van der Waals surface area contributed by atoms with Crippen LogP contribution in [0.25, 0.3) is 0 Å².